The molecule has 2 rings (SSSR count). The summed E-state index contributed by atoms with van der Waals surface area (Å²) in [6, 6.07) is 1.74. The molecule has 6 heteroatoms. The van der Waals surface area contributed by atoms with E-state index in [1.807, 2.05) is 6.92 Å². The van der Waals surface area contributed by atoms with Gasteiger partial charge in [0.2, 0.25) is 0 Å². The molecular weight excluding hydrogens is 240 g/mol. The molecular formula is C11H19ClN4O. The van der Waals surface area contributed by atoms with Crippen LogP contribution in [0.3, 0.4) is 0 Å². The molecule has 1 saturated carbocycles. The molecule has 4 N–H and O–H groups in total. The predicted molar refractivity (Wildman–Crippen MR) is 68.3 cm³/mol. The number of H-pyrrole nitrogens is 1. The number of nitrogens with zero attached hydrogens (tertiary/aromatic N) is 1. The van der Waals surface area contributed by atoms with Crippen LogP contribution in [0.5, 0.6) is 0 Å². The van der Waals surface area contributed by atoms with Gasteiger partial charge in [0.15, 0.2) is 0 Å². The second-order valence-corrected chi connectivity index (χ2v) is 4.58. The van der Waals surface area contributed by atoms with Crippen LogP contribution in [0.1, 0.15) is 41.9 Å². The molecule has 1 heterocycles. The number of rotatable bonds is 3. The van der Waals surface area contributed by atoms with Gasteiger partial charge in [-0.3, -0.25) is 9.89 Å². The minimum absolute atomic E-state index is 0. The van der Waals surface area contributed by atoms with Crippen LogP contribution < -0.4 is 11.1 Å². The Balaban J connectivity index is 0.00000144. The molecule has 0 aromatic carbocycles. The summed E-state index contributed by atoms with van der Waals surface area (Å²) in [6.45, 7) is 2.38. The first-order chi connectivity index (χ1) is 7.65. The highest BCUT2D eigenvalue weighted by atomic mass is 35.5. The van der Waals surface area contributed by atoms with Gasteiger partial charge in [-0.05, 0) is 25.8 Å². The summed E-state index contributed by atoms with van der Waals surface area (Å²) in [6.07, 6.45) is 4.21. The number of nitrogens with one attached hydrogen (secondary N) is 2. The van der Waals surface area contributed by atoms with Crippen molar-refractivity contribution in [2.45, 2.75) is 38.1 Å². The number of carbonyl (C=O) groups is 1. The van der Waals surface area contributed by atoms with E-state index in [-0.39, 0.29) is 23.9 Å². The molecule has 1 aliphatic rings. The largest absolute Gasteiger partial charge is 0.344 e. The van der Waals surface area contributed by atoms with Gasteiger partial charge in [0, 0.05) is 12.2 Å². The molecule has 96 valence electrons. The van der Waals surface area contributed by atoms with Crippen molar-refractivity contribution in [2.24, 2.45) is 5.73 Å². The van der Waals surface area contributed by atoms with Crippen LogP contribution in [0, 0.1) is 6.92 Å². The Morgan fingerprint density at radius 3 is 2.71 bits per heavy atom. The molecule has 0 unspecified atom stereocenters. The van der Waals surface area contributed by atoms with E-state index in [2.05, 4.69) is 15.5 Å². The third-order valence-electron chi connectivity index (χ3n) is 3.27. The summed E-state index contributed by atoms with van der Waals surface area (Å²) >= 11 is 0. The maximum absolute atomic E-state index is 11.9. The predicted octanol–water partition coefficient (Wildman–Crippen LogP) is 1.14. The van der Waals surface area contributed by atoms with E-state index in [9.17, 15) is 4.79 Å². The fourth-order valence-electron chi connectivity index (χ4n) is 2.27. The van der Waals surface area contributed by atoms with Crippen molar-refractivity contribution in [2.75, 3.05) is 6.54 Å². The lowest BCUT2D eigenvalue weighted by Gasteiger charge is -2.28. The smallest absolute Gasteiger partial charge is 0.272 e. The Morgan fingerprint density at radius 1 is 1.59 bits per heavy atom. The first-order valence-corrected chi connectivity index (χ1v) is 5.70. The van der Waals surface area contributed by atoms with Gasteiger partial charge in [-0.2, -0.15) is 5.10 Å². The van der Waals surface area contributed by atoms with Gasteiger partial charge in [0.05, 0.1) is 5.54 Å². The number of carbonyl (C=O) groups excluding carboxylic acids is 1. The van der Waals surface area contributed by atoms with Gasteiger partial charge in [-0.25, -0.2) is 0 Å². The maximum atomic E-state index is 11.9. The number of aromatic amines is 1. The standard InChI is InChI=1S/C11H18N4O.ClH/c1-8-6-9(15-14-8)10(16)13-11(7-12)4-2-3-5-11;/h6H,2-5,7,12H2,1H3,(H,13,16)(H,14,15);1H. The number of aromatic nitrogens is 2. The van der Waals surface area contributed by atoms with Gasteiger partial charge in [0.25, 0.3) is 5.91 Å². The Morgan fingerprint density at radius 2 is 2.24 bits per heavy atom. The summed E-state index contributed by atoms with van der Waals surface area (Å²) in [7, 11) is 0. The Bertz CT molecular complexity index is 385. The van der Waals surface area contributed by atoms with Gasteiger partial charge in [0.1, 0.15) is 5.69 Å². The lowest BCUT2D eigenvalue weighted by atomic mass is 9.97. The normalized spacial score (nSPS) is 17.5. The highest BCUT2D eigenvalue weighted by molar-refractivity contribution is 5.92. The van der Waals surface area contributed by atoms with Crippen molar-refractivity contribution in [3.63, 3.8) is 0 Å². The molecule has 1 aromatic rings. The van der Waals surface area contributed by atoms with Crippen molar-refractivity contribution >= 4 is 18.3 Å². The quantitative estimate of drug-likeness (QED) is 0.760. The average molecular weight is 259 g/mol. The topological polar surface area (TPSA) is 83.8 Å². The van der Waals surface area contributed by atoms with E-state index < -0.39 is 0 Å². The lowest BCUT2D eigenvalue weighted by Crippen LogP contribution is -2.51. The molecule has 0 saturated heterocycles. The Kier molecular flexibility index (Phi) is 4.54. The van der Waals surface area contributed by atoms with Crippen molar-refractivity contribution in [1.29, 1.82) is 0 Å². The van der Waals surface area contributed by atoms with E-state index in [1.165, 1.54) is 0 Å². The molecule has 0 radical (unpaired) electrons. The molecule has 1 aliphatic carbocycles. The van der Waals surface area contributed by atoms with Crippen LogP contribution in [-0.4, -0.2) is 28.2 Å². The van der Waals surface area contributed by atoms with Gasteiger partial charge in [-0.15, -0.1) is 12.4 Å². The molecule has 5 nitrogen and oxygen atoms in total. The Hall–Kier alpha value is -1.07. The van der Waals surface area contributed by atoms with Gasteiger partial charge in [-0.1, -0.05) is 12.8 Å². The van der Waals surface area contributed by atoms with Gasteiger partial charge >= 0.3 is 0 Å². The Labute approximate surface area is 107 Å². The number of halogens is 1. The van der Waals surface area contributed by atoms with Crippen LogP contribution >= 0.6 is 12.4 Å². The van der Waals surface area contributed by atoms with Crippen molar-refractivity contribution in [3.8, 4) is 0 Å². The first-order valence-electron chi connectivity index (χ1n) is 5.70. The summed E-state index contributed by atoms with van der Waals surface area (Å²) in [5.41, 5.74) is 6.88. The van der Waals surface area contributed by atoms with Crippen molar-refractivity contribution in [3.05, 3.63) is 17.5 Å². The number of nitrogens with two attached hydrogens (primary N) is 1. The molecule has 0 spiro atoms. The number of aryl methyl sites for hydroxylation is 1. The highest BCUT2D eigenvalue weighted by Gasteiger charge is 2.34. The zero-order valence-corrected chi connectivity index (χ0v) is 10.8. The summed E-state index contributed by atoms with van der Waals surface area (Å²) in [5, 5.41) is 9.73. The molecule has 1 amide bonds. The van der Waals surface area contributed by atoms with E-state index in [4.69, 9.17) is 5.73 Å². The lowest BCUT2D eigenvalue weighted by molar-refractivity contribution is 0.0898. The SMILES string of the molecule is Cc1cc(C(=O)NC2(CN)CCCC2)n[nH]1.Cl. The third kappa shape index (κ3) is 2.98. The minimum Gasteiger partial charge on any atom is -0.344 e. The summed E-state index contributed by atoms with van der Waals surface area (Å²) < 4.78 is 0. The van der Waals surface area contributed by atoms with Crippen LogP contribution in [0.15, 0.2) is 6.07 Å². The van der Waals surface area contributed by atoms with E-state index in [1.54, 1.807) is 6.07 Å². The zero-order chi connectivity index (χ0) is 11.6. The third-order valence-corrected chi connectivity index (χ3v) is 3.27. The number of hydrogen-bond acceptors (Lipinski definition) is 3. The van der Waals surface area contributed by atoms with Crippen LogP contribution in [0.25, 0.3) is 0 Å². The number of hydrogen-bond donors (Lipinski definition) is 3. The monoisotopic (exact) mass is 258 g/mol. The summed E-state index contributed by atoms with van der Waals surface area (Å²) in [5.74, 6) is -0.128. The maximum Gasteiger partial charge on any atom is 0.272 e. The first kappa shape index (κ1) is 14.0. The molecule has 1 aromatic heterocycles. The minimum atomic E-state index is -0.204. The van der Waals surface area contributed by atoms with E-state index in [0.717, 1.165) is 31.4 Å². The second kappa shape index (κ2) is 5.51. The van der Waals surface area contributed by atoms with Crippen LogP contribution in [0.2, 0.25) is 0 Å². The highest BCUT2D eigenvalue weighted by Crippen LogP contribution is 2.28. The van der Waals surface area contributed by atoms with Gasteiger partial charge < -0.3 is 11.1 Å². The number of amides is 1. The molecule has 0 bridgehead atoms. The fraction of sp³-hybridized carbons (Fsp3) is 0.636. The molecule has 1 fully saturated rings. The van der Waals surface area contributed by atoms with Crippen molar-refractivity contribution in [1.82, 2.24) is 15.5 Å². The molecule has 0 atom stereocenters. The van der Waals surface area contributed by atoms with Crippen LogP contribution in [0.4, 0.5) is 0 Å². The van der Waals surface area contributed by atoms with E-state index in [0.29, 0.717) is 12.2 Å². The van der Waals surface area contributed by atoms with E-state index >= 15 is 0 Å². The molecule has 0 aliphatic heterocycles. The molecule has 17 heavy (non-hydrogen) atoms. The fourth-order valence-corrected chi connectivity index (χ4v) is 2.27. The summed E-state index contributed by atoms with van der Waals surface area (Å²) in [4.78, 5) is 11.9. The van der Waals surface area contributed by atoms with Crippen LogP contribution in [-0.2, 0) is 0 Å². The second-order valence-electron chi connectivity index (χ2n) is 4.58. The van der Waals surface area contributed by atoms with Crippen molar-refractivity contribution < 1.29 is 4.79 Å². The average Bonchev–Trinajstić information content (AvgIpc) is 2.88. The zero-order valence-electron chi connectivity index (χ0n) is 9.95.